The fourth-order valence-corrected chi connectivity index (χ4v) is 5.07. The summed E-state index contributed by atoms with van der Waals surface area (Å²) in [6.07, 6.45) is 2.17. The van der Waals surface area contributed by atoms with Crippen LogP contribution in [0.15, 0.2) is 35.2 Å². The maximum Gasteiger partial charge on any atom is 0.262 e. The highest BCUT2D eigenvalue weighted by molar-refractivity contribution is 7.92. The first-order valence-electron chi connectivity index (χ1n) is 9.22. The van der Waals surface area contributed by atoms with Crippen molar-refractivity contribution in [3.63, 3.8) is 0 Å². The second-order valence-electron chi connectivity index (χ2n) is 7.17. The lowest BCUT2D eigenvalue weighted by atomic mass is 10.0. The van der Waals surface area contributed by atoms with E-state index in [-0.39, 0.29) is 6.10 Å². The Balaban J connectivity index is 1.81. The largest absolute Gasteiger partial charge is 0.491 e. The third-order valence-corrected chi connectivity index (χ3v) is 6.77. The van der Waals surface area contributed by atoms with Gasteiger partial charge in [0.1, 0.15) is 12.4 Å². The third-order valence-electron chi connectivity index (χ3n) is 5.11. The van der Waals surface area contributed by atoms with Gasteiger partial charge >= 0.3 is 0 Å². The molecule has 0 aromatic heterocycles. The van der Waals surface area contributed by atoms with Crippen molar-refractivity contribution in [2.24, 2.45) is 0 Å². The summed E-state index contributed by atoms with van der Waals surface area (Å²) in [6, 6.07) is 9.05. The molecule has 0 bridgehead atoms. The Hall–Kier alpha value is -2.05. The SMILES string of the molecule is Cc1cc(C)c(C)c(S(=O)(=O)Nc2cccc(OC[C@@H]3CCCO3)c2)c1C. The van der Waals surface area contributed by atoms with E-state index < -0.39 is 10.0 Å². The number of aryl methyl sites for hydroxylation is 2. The zero-order valence-electron chi connectivity index (χ0n) is 16.3. The second kappa shape index (κ2) is 7.90. The molecule has 1 fully saturated rings. The molecule has 2 aromatic carbocycles. The van der Waals surface area contributed by atoms with E-state index in [4.69, 9.17) is 9.47 Å². The van der Waals surface area contributed by atoms with Gasteiger partial charge in [0.25, 0.3) is 10.0 Å². The predicted molar refractivity (Wildman–Crippen MR) is 107 cm³/mol. The Morgan fingerprint density at radius 3 is 2.44 bits per heavy atom. The fourth-order valence-electron chi connectivity index (χ4n) is 3.40. The monoisotopic (exact) mass is 389 g/mol. The molecule has 0 saturated carbocycles. The summed E-state index contributed by atoms with van der Waals surface area (Å²) in [4.78, 5) is 0.352. The van der Waals surface area contributed by atoms with Crippen molar-refractivity contribution in [1.82, 2.24) is 0 Å². The molecule has 5 nitrogen and oxygen atoms in total. The van der Waals surface area contributed by atoms with Crippen molar-refractivity contribution in [3.8, 4) is 5.75 Å². The van der Waals surface area contributed by atoms with Crippen LogP contribution in [-0.2, 0) is 14.8 Å². The number of ether oxygens (including phenoxy) is 2. The van der Waals surface area contributed by atoms with Gasteiger partial charge in [-0.1, -0.05) is 12.1 Å². The van der Waals surface area contributed by atoms with Crippen LogP contribution in [0.3, 0.4) is 0 Å². The van der Waals surface area contributed by atoms with Crippen molar-refractivity contribution in [3.05, 3.63) is 52.6 Å². The van der Waals surface area contributed by atoms with Crippen LogP contribution in [0.1, 0.15) is 35.1 Å². The van der Waals surface area contributed by atoms with Crippen LogP contribution in [0.5, 0.6) is 5.75 Å². The van der Waals surface area contributed by atoms with Gasteiger partial charge in [-0.2, -0.15) is 0 Å². The number of benzene rings is 2. The van der Waals surface area contributed by atoms with Crippen LogP contribution in [0.2, 0.25) is 0 Å². The molecule has 2 aromatic rings. The Bertz CT molecular complexity index is 905. The minimum atomic E-state index is -3.70. The number of anilines is 1. The molecule has 146 valence electrons. The van der Waals surface area contributed by atoms with E-state index >= 15 is 0 Å². The Kier molecular flexibility index (Phi) is 5.77. The van der Waals surface area contributed by atoms with Crippen molar-refractivity contribution in [1.29, 1.82) is 0 Å². The molecular weight excluding hydrogens is 362 g/mol. The smallest absolute Gasteiger partial charge is 0.262 e. The average molecular weight is 390 g/mol. The molecule has 0 radical (unpaired) electrons. The molecule has 1 atom stereocenters. The highest BCUT2D eigenvalue weighted by atomic mass is 32.2. The molecule has 1 aliphatic heterocycles. The van der Waals surface area contributed by atoms with Gasteiger partial charge in [0.05, 0.1) is 16.7 Å². The minimum Gasteiger partial charge on any atom is -0.491 e. The van der Waals surface area contributed by atoms with E-state index in [1.807, 2.05) is 39.8 Å². The lowest BCUT2D eigenvalue weighted by molar-refractivity contribution is 0.0680. The van der Waals surface area contributed by atoms with E-state index in [1.54, 1.807) is 18.2 Å². The quantitative estimate of drug-likeness (QED) is 0.801. The molecule has 1 heterocycles. The molecule has 1 saturated heterocycles. The van der Waals surface area contributed by atoms with Crippen LogP contribution in [0, 0.1) is 27.7 Å². The van der Waals surface area contributed by atoms with Gasteiger partial charge in [-0.3, -0.25) is 4.72 Å². The summed E-state index contributed by atoms with van der Waals surface area (Å²) in [5.74, 6) is 0.625. The van der Waals surface area contributed by atoms with Crippen molar-refractivity contribution in [2.75, 3.05) is 17.9 Å². The van der Waals surface area contributed by atoms with Crippen molar-refractivity contribution in [2.45, 2.75) is 51.5 Å². The average Bonchev–Trinajstić information content (AvgIpc) is 3.12. The highest BCUT2D eigenvalue weighted by Crippen LogP contribution is 2.29. The minimum absolute atomic E-state index is 0.117. The Morgan fingerprint density at radius 1 is 1.11 bits per heavy atom. The van der Waals surface area contributed by atoms with Gasteiger partial charge in [0.15, 0.2) is 0 Å². The summed E-state index contributed by atoms with van der Waals surface area (Å²) in [7, 11) is -3.70. The first kappa shape index (κ1) is 19.7. The van der Waals surface area contributed by atoms with E-state index in [9.17, 15) is 8.42 Å². The molecule has 3 rings (SSSR count). The number of hydrogen-bond donors (Lipinski definition) is 1. The molecule has 1 N–H and O–H groups in total. The maximum atomic E-state index is 13.1. The first-order chi connectivity index (χ1) is 12.8. The van der Waals surface area contributed by atoms with Crippen LogP contribution >= 0.6 is 0 Å². The molecule has 0 spiro atoms. The number of rotatable bonds is 6. The number of sulfonamides is 1. The maximum absolute atomic E-state index is 13.1. The summed E-state index contributed by atoms with van der Waals surface area (Å²) >= 11 is 0. The van der Waals surface area contributed by atoms with Gasteiger partial charge in [-0.05, 0) is 74.9 Å². The normalized spacial score (nSPS) is 17.1. The van der Waals surface area contributed by atoms with Gasteiger partial charge in [-0.25, -0.2) is 8.42 Å². The molecule has 27 heavy (non-hydrogen) atoms. The highest BCUT2D eigenvalue weighted by Gasteiger charge is 2.22. The molecule has 0 unspecified atom stereocenters. The second-order valence-corrected chi connectivity index (χ2v) is 8.79. The zero-order valence-corrected chi connectivity index (χ0v) is 17.2. The third kappa shape index (κ3) is 4.45. The van der Waals surface area contributed by atoms with Gasteiger partial charge in [0.2, 0.25) is 0 Å². The van der Waals surface area contributed by atoms with Gasteiger partial charge < -0.3 is 9.47 Å². The lowest BCUT2D eigenvalue weighted by Crippen LogP contribution is -2.18. The number of nitrogens with one attached hydrogen (secondary N) is 1. The molecule has 1 aliphatic rings. The van der Waals surface area contributed by atoms with Crippen LogP contribution in [0.25, 0.3) is 0 Å². The standard InChI is InChI=1S/C21H27NO4S/c1-14-11-15(2)17(4)21(16(14)3)27(23,24)22-18-7-5-8-19(12-18)26-13-20-9-6-10-25-20/h5,7-8,11-12,20,22H,6,9-10,13H2,1-4H3/t20-/m0/s1. The summed E-state index contributed by atoms with van der Waals surface area (Å²) < 4.78 is 40.1. The van der Waals surface area contributed by atoms with Crippen molar-refractivity contribution >= 4 is 15.7 Å². The predicted octanol–water partition coefficient (Wildman–Crippen LogP) is 4.28. The Morgan fingerprint density at radius 2 is 1.81 bits per heavy atom. The van der Waals surface area contributed by atoms with Crippen LogP contribution < -0.4 is 9.46 Å². The lowest BCUT2D eigenvalue weighted by Gasteiger charge is -2.17. The number of hydrogen-bond acceptors (Lipinski definition) is 4. The molecular formula is C21H27NO4S. The van der Waals surface area contributed by atoms with E-state index in [0.717, 1.165) is 41.7 Å². The molecule has 0 aliphatic carbocycles. The summed E-state index contributed by atoms with van der Waals surface area (Å²) in [5.41, 5.74) is 3.96. The van der Waals surface area contributed by atoms with Crippen molar-refractivity contribution < 1.29 is 17.9 Å². The fraction of sp³-hybridized carbons (Fsp3) is 0.429. The van der Waals surface area contributed by atoms with Crippen LogP contribution in [-0.4, -0.2) is 27.7 Å². The topological polar surface area (TPSA) is 64.6 Å². The van der Waals surface area contributed by atoms with E-state index in [1.165, 1.54) is 0 Å². The summed E-state index contributed by atoms with van der Waals surface area (Å²) in [5, 5.41) is 0. The van der Waals surface area contributed by atoms with E-state index in [2.05, 4.69) is 4.72 Å². The van der Waals surface area contributed by atoms with Crippen LogP contribution in [0.4, 0.5) is 5.69 Å². The Labute approximate surface area is 161 Å². The van der Waals surface area contributed by atoms with Gasteiger partial charge in [0, 0.05) is 12.7 Å². The first-order valence-corrected chi connectivity index (χ1v) is 10.7. The summed E-state index contributed by atoms with van der Waals surface area (Å²) in [6.45, 7) is 8.81. The zero-order chi connectivity index (χ0) is 19.6. The molecule has 0 amide bonds. The van der Waals surface area contributed by atoms with E-state index in [0.29, 0.717) is 22.9 Å². The van der Waals surface area contributed by atoms with Gasteiger partial charge in [-0.15, -0.1) is 0 Å². The molecule has 6 heteroatoms.